The SMILES string of the molecule is CCCSc1nc(N[C@@H]2C[C@H]2c2ccc(F)c(F)c2)c2nnn([C@@H]3C[C@H](OCCO)[C@@H](O)[C@H]3O)c2n1.Cl. The lowest BCUT2D eigenvalue weighted by atomic mass is 10.1. The molecule has 1 aromatic carbocycles. The van der Waals surface area contributed by atoms with Crippen molar-refractivity contribution in [2.24, 2.45) is 0 Å². The van der Waals surface area contributed by atoms with E-state index in [1.807, 2.05) is 0 Å². The minimum Gasteiger partial charge on any atom is -0.394 e. The molecule has 6 atom stereocenters. The normalized spacial score (nSPS) is 26.9. The van der Waals surface area contributed by atoms with E-state index in [-0.39, 0.29) is 44.0 Å². The predicted octanol–water partition coefficient (Wildman–Crippen LogP) is 2.44. The van der Waals surface area contributed by atoms with Gasteiger partial charge in [0.2, 0.25) is 0 Å². The number of hydrogen-bond acceptors (Lipinski definition) is 10. The van der Waals surface area contributed by atoms with Gasteiger partial charge in [0, 0.05) is 24.1 Å². The lowest BCUT2D eigenvalue weighted by molar-refractivity contribution is -0.0629. The lowest BCUT2D eigenvalue weighted by Crippen LogP contribution is -2.33. The molecule has 202 valence electrons. The molecule has 3 aromatic rings. The second kappa shape index (κ2) is 11.7. The molecule has 0 spiro atoms. The summed E-state index contributed by atoms with van der Waals surface area (Å²) in [5.41, 5.74) is 1.53. The van der Waals surface area contributed by atoms with Gasteiger partial charge >= 0.3 is 0 Å². The Bertz CT molecular complexity index is 1240. The van der Waals surface area contributed by atoms with Crippen molar-refractivity contribution in [3.05, 3.63) is 35.4 Å². The van der Waals surface area contributed by atoms with E-state index in [2.05, 4.69) is 32.5 Å². The third-order valence-corrected chi connectivity index (χ3v) is 7.61. The van der Waals surface area contributed by atoms with E-state index in [1.165, 1.54) is 22.5 Å². The Balaban J connectivity index is 0.00000320. The van der Waals surface area contributed by atoms with Gasteiger partial charge in [-0.3, -0.25) is 0 Å². The smallest absolute Gasteiger partial charge is 0.191 e. The topological polar surface area (TPSA) is 138 Å². The Kier molecular flexibility index (Phi) is 8.81. The molecule has 0 radical (unpaired) electrons. The zero-order chi connectivity index (χ0) is 25.4. The molecule has 2 heterocycles. The fourth-order valence-corrected chi connectivity index (χ4v) is 5.31. The van der Waals surface area contributed by atoms with Crippen LogP contribution in [0.5, 0.6) is 0 Å². The number of nitrogens with one attached hydrogen (secondary N) is 1. The Morgan fingerprint density at radius 3 is 2.70 bits per heavy atom. The number of benzene rings is 1. The highest BCUT2D eigenvalue weighted by atomic mass is 35.5. The quantitative estimate of drug-likeness (QED) is 0.217. The van der Waals surface area contributed by atoms with Crippen molar-refractivity contribution in [1.82, 2.24) is 25.0 Å². The van der Waals surface area contributed by atoms with E-state index in [0.717, 1.165) is 24.7 Å². The van der Waals surface area contributed by atoms with Crippen molar-refractivity contribution in [3.8, 4) is 0 Å². The summed E-state index contributed by atoms with van der Waals surface area (Å²) in [6.07, 6.45) is -1.04. The fourth-order valence-electron chi connectivity index (χ4n) is 4.61. The first-order chi connectivity index (χ1) is 17.4. The Morgan fingerprint density at radius 1 is 1.16 bits per heavy atom. The van der Waals surface area contributed by atoms with Crippen molar-refractivity contribution < 1.29 is 28.8 Å². The maximum Gasteiger partial charge on any atom is 0.191 e. The largest absolute Gasteiger partial charge is 0.394 e. The highest BCUT2D eigenvalue weighted by Gasteiger charge is 2.45. The molecule has 0 unspecified atom stereocenters. The molecular formula is C23H29ClF2N6O4S. The van der Waals surface area contributed by atoms with E-state index in [0.29, 0.717) is 27.7 Å². The van der Waals surface area contributed by atoms with E-state index in [9.17, 15) is 19.0 Å². The van der Waals surface area contributed by atoms with Crippen LogP contribution in [0.2, 0.25) is 0 Å². The van der Waals surface area contributed by atoms with Gasteiger partial charge in [0.15, 0.2) is 33.8 Å². The molecule has 0 amide bonds. The molecular weight excluding hydrogens is 530 g/mol. The number of nitrogens with zero attached hydrogens (tertiary/aromatic N) is 5. The van der Waals surface area contributed by atoms with Gasteiger partial charge in [-0.15, -0.1) is 17.5 Å². The average Bonchev–Trinajstić information content (AvgIpc) is 3.41. The second-order valence-electron chi connectivity index (χ2n) is 9.09. The predicted molar refractivity (Wildman–Crippen MR) is 135 cm³/mol. The molecule has 0 saturated heterocycles. The summed E-state index contributed by atoms with van der Waals surface area (Å²) in [4.78, 5) is 9.27. The first-order valence-corrected chi connectivity index (χ1v) is 13.0. The summed E-state index contributed by atoms with van der Waals surface area (Å²) in [7, 11) is 0. The monoisotopic (exact) mass is 558 g/mol. The first kappa shape index (κ1) is 27.9. The van der Waals surface area contributed by atoms with Crippen molar-refractivity contribution in [2.45, 2.75) is 67.7 Å². The molecule has 2 fully saturated rings. The van der Waals surface area contributed by atoms with Gasteiger partial charge in [-0.2, -0.15) is 0 Å². The third-order valence-electron chi connectivity index (χ3n) is 6.56. The van der Waals surface area contributed by atoms with E-state index in [4.69, 9.17) is 9.84 Å². The number of hydrogen-bond donors (Lipinski definition) is 4. The van der Waals surface area contributed by atoms with Crippen LogP contribution in [0, 0.1) is 11.6 Å². The molecule has 2 aliphatic carbocycles. The Labute approximate surface area is 222 Å². The van der Waals surface area contributed by atoms with Crippen molar-refractivity contribution >= 4 is 41.2 Å². The standard InChI is InChI=1S/C23H28F2N6O4S.ClH/c1-2-7-36-23-27-21(26-15-9-12(15)11-3-4-13(24)14(25)8-11)18-22(28-23)31(30-29-18)16-10-17(35-6-5-32)20(34)19(16)33;/h3-4,8,12,15-17,19-20,32-34H,2,5-7,9-10H2,1H3,(H,26,27,28);1H/t12-,15+,16+,17-,19-,20+;/m0./s1. The van der Waals surface area contributed by atoms with E-state index < -0.39 is 36.0 Å². The molecule has 2 saturated carbocycles. The number of anilines is 1. The molecule has 4 N–H and O–H groups in total. The number of aliphatic hydroxyl groups is 3. The summed E-state index contributed by atoms with van der Waals surface area (Å²) >= 11 is 1.48. The van der Waals surface area contributed by atoms with Crippen LogP contribution in [0.15, 0.2) is 23.4 Å². The second-order valence-corrected chi connectivity index (χ2v) is 10.2. The number of aromatic nitrogens is 5. The van der Waals surface area contributed by atoms with Crippen LogP contribution < -0.4 is 5.32 Å². The minimum absolute atomic E-state index is 0. The zero-order valence-corrected chi connectivity index (χ0v) is 21.6. The van der Waals surface area contributed by atoms with Crippen LogP contribution in [0.3, 0.4) is 0 Å². The summed E-state index contributed by atoms with van der Waals surface area (Å²) in [6.45, 7) is 1.91. The molecule has 2 aromatic heterocycles. The van der Waals surface area contributed by atoms with Gasteiger partial charge in [-0.1, -0.05) is 30.0 Å². The van der Waals surface area contributed by atoms with Crippen LogP contribution in [0.1, 0.15) is 43.7 Å². The first-order valence-electron chi connectivity index (χ1n) is 12.0. The lowest BCUT2D eigenvalue weighted by Gasteiger charge is -2.17. The maximum absolute atomic E-state index is 13.7. The van der Waals surface area contributed by atoms with Crippen LogP contribution in [0.25, 0.3) is 11.2 Å². The van der Waals surface area contributed by atoms with Gasteiger partial charge in [-0.25, -0.2) is 23.4 Å². The zero-order valence-electron chi connectivity index (χ0n) is 20.0. The maximum atomic E-state index is 13.7. The van der Waals surface area contributed by atoms with Gasteiger partial charge in [0.1, 0.15) is 12.2 Å². The van der Waals surface area contributed by atoms with Crippen LogP contribution in [0.4, 0.5) is 14.6 Å². The molecule has 2 aliphatic rings. The Morgan fingerprint density at radius 2 is 1.97 bits per heavy atom. The van der Waals surface area contributed by atoms with Gasteiger partial charge in [0.05, 0.1) is 25.4 Å². The van der Waals surface area contributed by atoms with Crippen LogP contribution in [-0.2, 0) is 4.74 Å². The van der Waals surface area contributed by atoms with Gasteiger partial charge in [0.25, 0.3) is 0 Å². The van der Waals surface area contributed by atoms with Crippen LogP contribution in [-0.4, -0.2) is 83.6 Å². The number of thioether (sulfide) groups is 1. The minimum atomic E-state index is -1.15. The summed E-state index contributed by atoms with van der Waals surface area (Å²) in [5.74, 6) is -0.472. The number of aliphatic hydroxyl groups excluding tert-OH is 3. The summed E-state index contributed by atoms with van der Waals surface area (Å²) < 4.78 is 34.0. The van der Waals surface area contributed by atoms with Crippen molar-refractivity contribution in [2.75, 3.05) is 24.3 Å². The number of fused-ring (bicyclic) bond motifs is 1. The third kappa shape index (κ3) is 5.66. The highest BCUT2D eigenvalue weighted by Crippen LogP contribution is 2.44. The highest BCUT2D eigenvalue weighted by molar-refractivity contribution is 7.99. The van der Waals surface area contributed by atoms with Gasteiger partial charge in [-0.05, 0) is 30.5 Å². The van der Waals surface area contributed by atoms with Crippen molar-refractivity contribution in [3.63, 3.8) is 0 Å². The molecule has 5 rings (SSSR count). The van der Waals surface area contributed by atoms with Crippen LogP contribution >= 0.6 is 24.2 Å². The molecule has 14 heteroatoms. The number of ether oxygens (including phenoxy) is 1. The molecule has 37 heavy (non-hydrogen) atoms. The summed E-state index contributed by atoms with van der Waals surface area (Å²) in [5, 5.41) is 42.5. The van der Waals surface area contributed by atoms with E-state index in [1.54, 1.807) is 6.07 Å². The Hall–Kier alpha value is -2.16. The van der Waals surface area contributed by atoms with Gasteiger partial charge < -0.3 is 25.4 Å². The number of halogens is 3. The van der Waals surface area contributed by atoms with Crippen molar-refractivity contribution in [1.29, 1.82) is 0 Å². The average molecular weight is 559 g/mol. The van der Waals surface area contributed by atoms with E-state index >= 15 is 0 Å². The fraction of sp³-hybridized carbons (Fsp3) is 0.565. The molecule has 0 aliphatic heterocycles. The molecule has 0 bridgehead atoms. The summed E-state index contributed by atoms with van der Waals surface area (Å²) in [6, 6.07) is 3.26. The number of rotatable bonds is 10. The molecule has 10 nitrogen and oxygen atoms in total.